The van der Waals surface area contributed by atoms with E-state index in [0.29, 0.717) is 5.92 Å². The number of nitriles is 1. The molecule has 1 N–H and O–H groups in total. The zero-order valence-electron chi connectivity index (χ0n) is 18.7. The molecule has 1 amide bonds. The third kappa shape index (κ3) is 2.78. The van der Waals surface area contributed by atoms with Crippen LogP contribution in [0, 0.1) is 11.3 Å². The number of amides is 1. The number of fused-ring (bicyclic) bond motifs is 3. The van der Waals surface area contributed by atoms with Gasteiger partial charge in [-0.1, -0.05) is 36.8 Å². The van der Waals surface area contributed by atoms with Gasteiger partial charge in [0.05, 0.1) is 16.6 Å². The molecular formula is C27H26N4O2. The molecule has 1 spiro atoms. The number of nitrogens with one attached hydrogen (secondary N) is 1. The Labute approximate surface area is 192 Å². The van der Waals surface area contributed by atoms with Crippen molar-refractivity contribution >= 4 is 28.2 Å². The summed E-state index contributed by atoms with van der Waals surface area (Å²) in [5.41, 5.74) is 4.77. The molecule has 3 aliphatic rings. The number of carbonyl (C=O) groups excluding carboxylic acids is 1. The molecule has 6 rings (SSSR count). The van der Waals surface area contributed by atoms with Crippen molar-refractivity contribution in [1.82, 2.24) is 4.57 Å². The standard InChI is InChI=1S/C27H26N4O2/c1-30-23-6-3-2-5-19(23)24(20(16-28)25(30)32)31-13-9-17(10-14-31)18-7-8-22-21(15-18)27(11-4-12-27)26(33)29-22/h2-3,5-8,15,17H,4,9-14H2,1H3,(H,29,33). The molecule has 6 nitrogen and oxygen atoms in total. The third-order valence-corrected chi connectivity index (χ3v) is 8.12. The van der Waals surface area contributed by atoms with Crippen LogP contribution in [-0.2, 0) is 17.3 Å². The Bertz CT molecular complexity index is 1400. The van der Waals surface area contributed by atoms with Gasteiger partial charge in [-0.25, -0.2) is 0 Å². The van der Waals surface area contributed by atoms with Gasteiger partial charge < -0.3 is 14.8 Å². The van der Waals surface area contributed by atoms with Crippen LogP contribution >= 0.6 is 0 Å². The lowest BCUT2D eigenvalue weighted by molar-refractivity contribution is -0.123. The molecule has 1 saturated carbocycles. The fraction of sp³-hybridized carbons (Fsp3) is 0.370. The van der Waals surface area contributed by atoms with Gasteiger partial charge in [0.15, 0.2) is 0 Å². The number of aromatic nitrogens is 1. The van der Waals surface area contributed by atoms with Gasteiger partial charge in [0.25, 0.3) is 5.56 Å². The molecule has 2 fully saturated rings. The minimum atomic E-state index is -0.295. The topological polar surface area (TPSA) is 78.1 Å². The summed E-state index contributed by atoms with van der Waals surface area (Å²) in [7, 11) is 1.73. The number of carbonyl (C=O) groups is 1. The molecule has 1 saturated heterocycles. The van der Waals surface area contributed by atoms with Crippen LogP contribution in [0.25, 0.3) is 10.9 Å². The number of piperidine rings is 1. The molecule has 166 valence electrons. The first-order valence-electron chi connectivity index (χ1n) is 11.8. The molecule has 3 aromatic rings. The van der Waals surface area contributed by atoms with Crippen molar-refractivity contribution < 1.29 is 4.79 Å². The average molecular weight is 439 g/mol. The number of nitrogens with zero attached hydrogens (tertiary/aromatic N) is 3. The van der Waals surface area contributed by atoms with E-state index in [0.717, 1.165) is 67.5 Å². The predicted octanol–water partition coefficient (Wildman–Crippen LogP) is 4.17. The molecule has 0 unspecified atom stereocenters. The van der Waals surface area contributed by atoms with Crippen LogP contribution in [0.1, 0.15) is 54.7 Å². The van der Waals surface area contributed by atoms with Gasteiger partial charge in [0.1, 0.15) is 11.6 Å². The summed E-state index contributed by atoms with van der Waals surface area (Å²) in [5.74, 6) is 0.569. The van der Waals surface area contributed by atoms with Crippen molar-refractivity contribution in [1.29, 1.82) is 5.26 Å². The summed E-state index contributed by atoms with van der Waals surface area (Å²) in [6.45, 7) is 1.58. The maximum Gasteiger partial charge on any atom is 0.270 e. The highest BCUT2D eigenvalue weighted by Crippen LogP contribution is 2.52. The number of para-hydroxylation sites is 1. The van der Waals surface area contributed by atoms with Crippen LogP contribution in [0.3, 0.4) is 0 Å². The zero-order valence-corrected chi connectivity index (χ0v) is 18.7. The van der Waals surface area contributed by atoms with Crippen molar-refractivity contribution in [3.63, 3.8) is 0 Å². The largest absolute Gasteiger partial charge is 0.370 e. The van der Waals surface area contributed by atoms with E-state index in [1.54, 1.807) is 11.6 Å². The number of hydrogen-bond acceptors (Lipinski definition) is 4. The van der Waals surface area contributed by atoms with Crippen molar-refractivity contribution in [2.24, 2.45) is 7.05 Å². The van der Waals surface area contributed by atoms with Gasteiger partial charge in [0.2, 0.25) is 5.91 Å². The van der Waals surface area contributed by atoms with Gasteiger partial charge in [-0.05, 0) is 54.9 Å². The molecule has 2 aliphatic heterocycles. The van der Waals surface area contributed by atoms with E-state index in [1.807, 2.05) is 24.3 Å². The Morgan fingerprint density at radius 3 is 2.55 bits per heavy atom. The van der Waals surface area contributed by atoms with Crippen LogP contribution in [0.2, 0.25) is 0 Å². The highest BCUT2D eigenvalue weighted by atomic mass is 16.2. The highest BCUT2D eigenvalue weighted by molar-refractivity contribution is 6.07. The lowest BCUT2D eigenvalue weighted by Crippen LogP contribution is -2.41. The lowest BCUT2D eigenvalue weighted by Gasteiger charge is -2.37. The van der Waals surface area contributed by atoms with Crippen molar-refractivity contribution in [2.75, 3.05) is 23.3 Å². The maximum atomic E-state index is 12.9. The summed E-state index contributed by atoms with van der Waals surface area (Å²) in [6.07, 6.45) is 4.89. The van der Waals surface area contributed by atoms with Gasteiger partial charge in [-0.2, -0.15) is 5.26 Å². The average Bonchev–Trinajstić information content (AvgIpc) is 3.12. The Hall–Kier alpha value is -3.59. The SMILES string of the molecule is Cn1c(=O)c(C#N)c(N2CCC(c3ccc4c(c3)C3(CCC3)C(=O)N4)CC2)c2ccccc21. The fourth-order valence-corrected chi connectivity index (χ4v) is 6.06. The number of benzene rings is 2. The minimum absolute atomic E-state index is 0.164. The first-order valence-corrected chi connectivity index (χ1v) is 11.8. The third-order valence-electron chi connectivity index (χ3n) is 8.12. The molecule has 0 bridgehead atoms. The van der Waals surface area contributed by atoms with Crippen LogP contribution in [0.5, 0.6) is 0 Å². The normalized spacial score (nSPS) is 19.3. The van der Waals surface area contributed by atoms with E-state index < -0.39 is 0 Å². The minimum Gasteiger partial charge on any atom is -0.370 e. The van der Waals surface area contributed by atoms with Gasteiger partial charge in [0, 0.05) is 31.2 Å². The summed E-state index contributed by atoms with van der Waals surface area (Å²) in [4.78, 5) is 27.7. The van der Waals surface area contributed by atoms with Crippen molar-refractivity contribution in [2.45, 2.75) is 43.4 Å². The molecule has 33 heavy (non-hydrogen) atoms. The van der Waals surface area contributed by atoms with E-state index in [2.05, 4.69) is 34.5 Å². The number of anilines is 2. The zero-order chi connectivity index (χ0) is 22.7. The molecule has 6 heteroatoms. The van der Waals surface area contributed by atoms with Gasteiger partial charge >= 0.3 is 0 Å². The Morgan fingerprint density at radius 2 is 1.85 bits per heavy atom. The van der Waals surface area contributed by atoms with Gasteiger partial charge in [-0.3, -0.25) is 9.59 Å². The van der Waals surface area contributed by atoms with E-state index in [1.165, 1.54) is 11.1 Å². The Balaban J connectivity index is 1.31. The van der Waals surface area contributed by atoms with Crippen molar-refractivity contribution in [3.05, 3.63) is 69.5 Å². The molecule has 1 aliphatic carbocycles. The second-order valence-corrected chi connectivity index (χ2v) is 9.67. The molecule has 0 radical (unpaired) electrons. The smallest absolute Gasteiger partial charge is 0.270 e. The van der Waals surface area contributed by atoms with E-state index in [4.69, 9.17) is 0 Å². The Morgan fingerprint density at radius 1 is 1.09 bits per heavy atom. The van der Waals surface area contributed by atoms with E-state index in [-0.39, 0.29) is 22.4 Å². The summed E-state index contributed by atoms with van der Waals surface area (Å²) >= 11 is 0. The molecule has 0 atom stereocenters. The molecule has 2 aromatic carbocycles. The van der Waals surface area contributed by atoms with Crippen LogP contribution < -0.4 is 15.8 Å². The van der Waals surface area contributed by atoms with E-state index >= 15 is 0 Å². The second-order valence-electron chi connectivity index (χ2n) is 9.67. The summed E-state index contributed by atoms with van der Waals surface area (Å²) in [6, 6.07) is 16.5. The predicted molar refractivity (Wildman–Crippen MR) is 129 cm³/mol. The van der Waals surface area contributed by atoms with Crippen LogP contribution in [0.4, 0.5) is 11.4 Å². The highest BCUT2D eigenvalue weighted by Gasteiger charge is 2.51. The fourth-order valence-electron chi connectivity index (χ4n) is 6.06. The number of pyridine rings is 1. The van der Waals surface area contributed by atoms with Gasteiger partial charge in [-0.15, -0.1) is 0 Å². The first-order chi connectivity index (χ1) is 16.0. The van der Waals surface area contributed by atoms with Crippen LogP contribution in [0.15, 0.2) is 47.3 Å². The molecule has 3 heterocycles. The van der Waals surface area contributed by atoms with Crippen LogP contribution in [-0.4, -0.2) is 23.6 Å². The monoisotopic (exact) mass is 438 g/mol. The number of hydrogen-bond donors (Lipinski definition) is 1. The first kappa shape index (κ1) is 20.0. The molecule has 1 aromatic heterocycles. The van der Waals surface area contributed by atoms with Crippen molar-refractivity contribution in [3.8, 4) is 6.07 Å². The Kier molecular flexibility index (Phi) is 4.38. The lowest BCUT2D eigenvalue weighted by atomic mass is 9.65. The van der Waals surface area contributed by atoms with E-state index in [9.17, 15) is 14.9 Å². The quantitative estimate of drug-likeness (QED) is 0.651. The molecular weight excluding hydrogens is 412 g/mol. The summed E-state index contributed by atoms with van der Waals surface area (Å²) in [5, 5.41) is 13.8. The summed E-state index contributed by atoms with van der Waals surface area (Å²) < 4.78 is 1.57. The second kappa shape index (κ2) is 7.21. The number of aryl methyl sites for hydroxylation is 1. The number of rotatable bonds is 2. The maximum absolute atomic E-state index is 12.9.